The predicted molar refractivity (Wildman–Crippen MR) is 98.6 cm³/mol. The van der Waals surface area contributed by atoms with Gasteiger partial charge >= 0.3 is 0 Å². The van der Waals surface area contributed by atoms with Gasteiger partial charge in [-0.15, -0.1) is 0 Å². The number of nitrogens with zero attached hydrogens (tertiary/aromatic N) is 2. The molecule has 0 radical (unpaired) electrons. The smallest absolute Gasteiger partial charge is 0.253 e. The normalized spacial score (nSPS) is 20.6. The molecular formula is C20H27N3O2. The maximum absolute atomic E-state index is 12.9. The van der Waals surface area contributed by atoms with Gasteiger partial charge in [-0.3, -0.25) is 4.79 Å². The lowest BCUT2D eigenvalue weighted by molar-refractivity contribution is 0.0623. The molecule has 0 spiro atoms. The highest BCUT2D eigenvalue weighted by Gasteiger charge is 2.26. The number of hydrogen-bond donors (Lipinski definition) is 1. The lowest BCUT2D eigenvalue weighted by Gasteiger charge is -2.35. The minimum Gasteiger partial charge on any atom is -0.379 e. The Hall–Kier alpha value is -2.30. The molecule has 1 fully saturated rings. The van der Waals surface area contributed by atoms with Crippen LogP contribution in [0.25, 0.3) is 0 Å². The molecule has 2 atom stereocenters. The number of aromatic nitrogens is 1. The van der Waals surface area contributed by atoms with Crippen LogP contribution >= 0.6 is 0 Å². The molecule has 3 rings (SSSR count). The first-order chi connectivity index (χ1) is 11.9. The van der Waals surface area contributed by atoms with Gasteiger partial charge in [0.25, 0.3) is 5.91 Å². The van der Waals surface area contributed by atoms with Gasteiger partial charge in [0.1, 0.15) is 11.5 Å². The molecule has 2 aromatic rings. The average Bonchev–Trinajstić information content (AvgIpc) is 2.98. The molecule has 0 aliphatic carbocycles. The number of hydrogen-bond acceptors (Lipinski definition) is 4. The monoisotopic (exact) mass is 341 g/mol. The van der Waals surface area contributed by atoms with Crippen LogP contribution in [0.3, 0.4) is 0 Å². The molecule has 134 valence electrons. The van der Waals surface area contributed by atoms with E-state index in [-0.39, 0.29) is 5.91 Å². The highest BCUT2D eigenvalue weighted by molar-refractivity contribution is 5.95. The molecule has 1 aromatic carbocycles. The van der Waals surface area contributed by atoms with Gasteiger partial charge in [-0.1, -0.05) is 25.1 Å². The second kappa shape index (κ2) is 7.30. The minimum absolute atomic E-state index is 0.124. The SMILES string of the molecule is Cc1cc(CNc2cc(C(=O)N3CC(C)CC(C)C3)ccc2C)no1. The van der Waals surface area contributed by atoms with Crippen LogP contribution < -0.4 is 5.32 Å². The van der Waals surface area contributed by atoms with Crippen LogP contribution in [0.2, 0.25) is 0 Å². The predicted octanol–water partition coefficient (Wildman–Crippen LogP) is 4.02. The molecule has 0 bridgehead atoms. The summed E-state index contributed by atoms with van der Waals surface area (Å²) in [6, 6.07) is 7.79. The summed E-state index contributed by atoms with van der Waals surface area (Å²) < 4.78 is 5.09. The first-order valence-electron chi connectivity index (χ1n) is 8.98. The van der Waals surface area contributed by atoms with E-state index in [4.69, 9.17) is 4.52 Å². The molecule has 1 amide bonds. The van der Waals surface area contributed by atoms with Crippen molar-refractivity contribution in [3.8, 4) is 0 Å². The molecule has 1 aromatic heterocycles. The summed E-state index contributed by atoms with van der Waals surface area (Å²) in [6.45, 7) is 10.6. The van der Waals surface area contributed by atoms with Crippen LogP contribution in [0.4, 0.5) is 5.69 Å². The summed E-state index contributed by atoms with van der Waals surface area (Å²) in [6.07, 6.45) is 1.20. The fourth-order valence-electron chi connectivity index (χ4n) is 3.64. The topological polar surface area (TPSA) is 58.4 Å². The molecule has 1 aliphatic heterocycles. The highest BCUT2D eigenvalue weighted by Crippen LogP contribution is 2.24. The number of carbonyl (C=O) groups is 1. The van der Waals surface area contributed by atoms with Crippen molar-refractivity contribution in [1.82, 2.24) is 10.1 Å². The Morgan fingerprint density at radius 1 is 1.24 bits per heavy atom. The van der Waals surface area contributed by atoms with Crippen molar-refractivity contribution in [2.75, 3.05) is 18.4 Å². The van der Waals surface area contributed by atoms with Crippen molar-refractivity contribution in [1.29, 1.82) is 0 Å². The number of piperidine rings is 1. The van der Waals surface area contributed by atoms with Gasteiger partial charge in [-0.05, 0) is 49.8 Å². The van der Waals surface area contributed by atoms with E-state index in [1.807, 2.05) is 43.0 Å². The number of amides is 1. The molecule has 2 unspecified atom stereocenters. The Morgan fingerprint density at radius 3 is 2.60 bits per heavy atom. The van der Waals surface area contributed by atoms with Crippen LogP contribution in [-0.4, -0.2) is 29.1 Å². The van der Waals surface area contributed by atoms with Crippen LogP contribution in [0.15, 0.2) is 28.8 Å². The maximum atomic E-state index is 12.9. The third kappa shape index (κ3) is 4.21. The van der Waals surface area contributed by atoms with Gasteiger partial charge in [-0.25, -0.2) is 0 Å². The zero-order valence-electron chi connectivity index (χ0n) is 15.5. The molecule has 1 aliphatic rings. The number of nitrogens with one attached hydrogen (secondary N) is 1. The second-order valence-corrected chi connectivity index (χ2v) is 7.47. The van der Waals surface area contributed by atoms with E-state index in [2.05, 4.69) is 24.3 Å². The summed E-state index contributed by atoms with van der Waals surface area (Å²) in [7, 11) is 0. The molecule has 0 saturated carbocycles. The molecule has 1 saturated heterocycles. The van der Waals surface area contributed by atoms with Crippen molar-refractivity contribution in [3.05, 3.63) is 46.8 Å². The lowest BCUT2D eigenvalue weighted by Crippen LogP contribution is -2.42. The van der Waals surface area contributed by atoms with Gasteiger partial charge in [0.05, 0.1) is 6.54 Å². The van der Waals surface area contributed by atoms with E-state index in [1.165, 1.54) is 6.42 Å². The summed E-state index contributed by atoms with van der Waals surface area (Å²) >= 11 is 0. The van der Waals surface area contributed by atoms with E-state index in [9.17, 15) is 4.79 Å². The van der Waals surface area contributed by atoms with Crippen molar-refractivity contribution in [2.45, 2.75) is 40.7 Å². The minimum atomic E-state index is 0.124. The molecule has 5 nitrogen and oxygen atoms in total. The summed E-state index contributed by atoms with van der Waals surface area (Å²) in [5.74, 6) is 2.04. The Labute approximate surface area is 149 Å². The Morgan fingerprint density at radius 2 is 1.96 bits per heavy atom. The average molecular weight is 341 g/mol. The summed E-state index contributed by atoms with van der Waals surface area (Å²) in [5, 5.41) is 7.36. The number of likely N-dealkylation sites (tertiary alicyclic amines) is 1. The lowest BCUT2D eigenvalue weighted by atomic mass is 9.91. The fraction of sp³-hybridized carbons (Fsp3) is 0.500. The quantitative estimate of drug-likeness (QED) is 0.912. The van der Waals surface area contributed by atoms with Gasteiger partial charge in [-0.2, -0.15) is 0 Å². The molecule has 5 heteroatoms. The summed E-state index contributed by atoms with van der Waals surface area (Å²) in [5.41, 5.74) is 3.67. The Bertz CT molecular complexity index is 743. The first-order valence-corrected chi connectivity index (χ1v) is 8.98. The van der Waals surface area contributed by atoms with Gasteiger partial charge in [0.15, 0.2) is 0 Å². The number of aryl methyl sites for hydroxylation is 2. The largest absolute Gasteiger partial charge is 0.379 e. The van der Waals surface area contributed by atoms with Crippen LogP contribution in [-0.2, 0) is 6.54 Å². The molecule has 2 heterocycles. The van der Waals surface area contributed by atoms with Crippen molar-refractivity contribution in [2.24, 2.45) is 11.8 Å². The molecule has 25 heavy (non-hydrogen) atoms. The van der Waals surface area contributed by atoms with E-state index in [0.29, 0.717) is 18.4 Å². The van der Waals surface area contributed by atoms with E-state index < -0.39 is 0 Å². The number of rotatable bonds is 4. The number of anilines is 1. The highest BCUT2D eigenvalue weighted by atomic mass is 16.5. The molecule has 1 N–H and O–H groups in total. The standard InChI is InChI=1S/C20H27N3O2/c1-13-7-14(2)12-23(11-13)20(24)17-6-5-15(3)19(9-17)21-10-18-8-16(4)25-22-18/h5-6,8-9,13-14,21H,7,10-12H2,1-4H3. The van der Waals surface area contributed by atoms with Crippen molar-refractivity contribution < 1.29 is 9.32 Å². The van der Waals surface area contributed by atoms with Gasteiger partial charge in [0, 0.05) is 30.4 Å². The Kier molecular flexibility index (Phi) is 5.11. The van der Waals surface area contributed by atoms with Gasteiger partial charge < -0.3 is 14.7 Å². The van der Waals surface area contributed by atoms with E-state index in [0.717, 1.165) is 41.4 Å². The fourth-order valence-corrected chi connectivity index (χ4v) is 3.64. The zero-order chi connectivity index (χ0) is 18.0. The van der Waals surface area contributed by atoms with Crippen LogP contribution in [0.5, 0.6) is 0 Å². The second-order valence-electron chi connectivity index (χ2n) is 7.47. The van der Waals surface area contributed by atoms with E-state index in [1.54, 1.807) is 0 Å². The maximum Gasteiger partial charge on any atom is 0.253 e. The van der Waals surface area contributed by atoms with Crippen molar-refractivity contribution >= 4 is 11.6 Å². The molecular weight excluding hydrogens is 314 g/mol. The van der Waals surface area contributed by atoms with Crippen LogP contribution in [0.1, 0.15) is 47.6 Å². The first kappa shape index (κ1) is 17.5. The third-order valence-electron chi connectivity index (χ3n) is 4.78. The van der Waals surface area contributed by atoms with E-state index >= 15 is 0 Å². The van der Waals surface area contributed by atoms with Gasteiger partial charge in [0.2, 0.25) is 0 Å². The summed E-state index contributed by atoms with van der Waals surface area (Å²) in [4.78, 5) is 14.9. The number of benzene rings is 1. The zero-order valence-corrected chi connectivity index (χ0v) is 15.5. The van der Waals surface area contributed by atoms with Crippen molar-refractivity contribution in [3.63, 3.8) is 0 Å². The number of carbonyl (C=O) groups excluding carboxylic acids is 1. The Balaban J connectivity index is 1.72. The third-order valence-corrected chi connectivity index (χ3v) is 4.78. The van der Waals surface area contributed by atoms with Crippen LogP contribution in [0, 0.1) is 25.7 Å².